The Hall–Kier alpha value is -5.01. The fraction of sp³-hybridized carbons (Fsp3) is 0.514. The Balaban J connectivity index is 0.000000154. The molecule has 0 amide bonds. The zero-order chi connectivity index (χ0) is 67.4. The van der Waals surface area contributed by atoms with E-state index in [9.17, 15) is 20.1 Å². The number of hydrogen-bond acceptors (Lipinski definition) is 10. The highest BCUT2D eigenvalue weighted by molar-refractivity contribution is 6.68. The van der Waals surface area contributed by atoms with Gasteiger partial charge in [0.25, 0.3) is 0 Å². The predicted molar refractivity (Wildman–Crippen MR) is 380 cm³/mol. The minimum absolute atomic E-state index is 0.122. The molecular formula is C74H106B6O10. The maximum Gasteiger partial charge on any atom is 0.527 e. The van der Waals surface area contributed by atoms with Gasteiger partial charge < -0.3 is 48.0 Å². The van der Waals surface area contributed by atoms with Crippen LogP contribution in [0, 0.1) is 0 Å². The van der Waals surface area contributed by atoms with Gasteiger partial charge in [0.05, 0.1) is 24.4 Å². The summed E-state index contributed by atoms with van der Waals surface area (Å²) in [7, 11) is -2.88. The molecule has 0 fully saturated rings. The first-order valence-corrected chi connectivity index (χ1v) is 32.6. The minimum atomic E-state index is -0.779. The van der Waals surface area contributed by atoms with Gasteiger partial charge in [-0.25, -0.2) is 0 Å². The Labute approximate surface area is 545 Å². The monoisotopic (exact) mass is 1220 g/mol. The first-order chi connectivity index (χ1) is 41.1. The molecule has 10 nitrogen and oxygen atoms in total. The van der Waals surface area contributed by atoms with Gasteiger partial charge in [-0.2, -0.15) is 0 Å². The minimum Gasteiger partial charge on any atom is -0.560 e. The van der Waals surface area contributed by atoms with Crippen LogP contribution >= 0.6 is 0 Å². The normalized spacial score (nSPS) is 17.2. The van der Waals surface area contributed by atoms with Gasteiger partial charge in [-0.15, -0.1) is 0 Å². The summed E-state index contributed by atoms with van der Waals surface area (Å²) in [6, 6.07) is 38.2. The van der Waals surface area contributed by atoms with E-state index in [-0.39, 0.29) is 57.2 Å². The van der Waals surface area contributed by atoms with Crippen LogP contribution < -0.4 is 31.2 Å². The summed E-state index contributed by atoms with van der Waals surface area (Å²) >= 11 is 0. The average Bonchev–Trinajstić information content (AvgIpc) is 1.69. The van der Waals surface area contributed by atoms with Crippen molar-refractivity contribution in [3.05, 3.63) is 176 Å². The van der Waals surface area contributed by atoms with Crippen molar-refractivity contribution in [2.45, 2.75) is 248 Å². The lowest BCUT2D eigenvalue weighted by Crippen LogP contribution is -2.33. The Bertz CT molecular complexity index is 3500. The summed E-state index contributed by atoms with van der Waals surface area (Å²) in [6.07, 6.45) is 0.611. The SMILES string of the molecule is CB1OC(C)(C)c2ccc(C(C)(C)C)cc21.CB1Oc2cc(C(C)(C)C)ccc2C1(C)C.CC(C)(C)c1ccc2c(c1)B(O)OC2.CC(C)(C)c1ccc2c(c1)C(C)(C)OB2O.CC(C)(C)c1ccc2c(c1)COB2O.CC(C)(C)c1ccc2c(c1)OB(O)C2. The predicted octanol–water partition coefficient (Wildman–Crippen LogP) is 13.2. The molecule has 6 aliphatic rings. The van der Waals surface area contributed by atoms with Crippen LogP contribution in [0.1, 0.15) is 233 Å². The van der Waals surface area contributed by atoms with E-state index in [1.165, 1.54) is 50.0 Å². The highest BCUT2D eigenvalue weighted by Crippen LogP contribution is 2.43. The number of rotatable bonds is 0. The topological polar surface area (TPSA) is 136 Å². The molecule has 0 unspecified atom stereocenters. The van der Waals surface area contributed by atoms with E-state index in [1.807, 2.05) is 50.2 Å². The highest BCUT2D eigenvalue weighted by Gasteiger charge is 2.44. The Morgan fingerprint density at radius 3 is 1.29 bits per heavy atom. The third kappa shape index (κ3) is 17.0. The van der Waals surface area contributed by atoms with Crippen molar-refractivity contribution in [2.75, 3.05) is 0 Å². The molecule has 0 saturated heterocycles. The van der Waals surface area contributed by atoms with E-state index >= 15 is 0 Å². The second kappa shape index (κ2) is 26.4. The van der Waals surface area contributed by atoms with Crippen molar-refractivity contribution < 1.29 is 48.0 Å². The lowest BCUT2D eigenvalue weighted by Gasteiger charge is -2.24. The van der Waals surface area contributed by atoms with Gasteiger partial charge in [0.2, 0.25) is 0 Å². The first-order valence-electron chi connectivity index (χ1n) is 32.6. The molecule has 6 aliphatic heterocycles. The summed E-state index contributed by atoms with van der Waals surface area (Å²) in [5.74, 6) is 1.91. The van der Waals surface area contributed by atoms with E-state index < -0.39 is 34.1 Å². The summed E-state index contributed by atoms with van der Waals surface area (Å²) in [4.78, 5) is 0. The molecule has 0 bridgehead atoms. The molecule has 16 heteroatoms. The van der Waals surface area contributed by atoms with Crippen LogP contribution in [-0.2, 0) is 87.2 Å². The van der Waals surface area contributed by atoms with E-state index in [0.717, 1.165) is 50.1 Å². The molecule has 6 aromatic rings. The molecule has 0 aromatic heterocycles. The molecule has 12 rings (SSSR count). The van der Waals surface area contributed by atoms with E-state index in [4.69, 9.17) is 27.9 Å². The molecule has 90 heavy (non-hydrogen) atoms. The Morgan fingerprint density at radius 2 is 0.756 bits per heavy atom. The second-order valence-electron chi connectivity index (χ2n) is 33.3. The molecular weight excluding hydrogens is 1110 g/mol. The van der Waals surface area contributed by atoms with E-state index in [0.29, 0.717) is 19.5 Å². The van der Waals surface area contributed by atoms with Crippen LogP contribution in [0.3, 0.4) is 0 Å². The van der Waals surface area contributed by atoms with Crippen molar-refractivity contribution in [3.8, 4) is 11.5 Å². The van der Waals surface area contributed by atoms with Crippen LogP contribution in [0.2, 0.25) is 13.6 Å². The zero-order valence-corrected chi connectivity index (χ0v) is 59.7. The summed E-state index contributed by atoms with van der Waals surface area (Å²) < 4.78 is 33.1. The molecule has 0 atom stereocenters. The van der Waals surface area contributed by atoms with E-state index in [2.05, 4.69) is 239 Å². The first kappa shape index (κ1) is 72.4. The van der Waals surface area contributed by atoms with Crippen LogP contribution in [-0.4, -0.2) is 62.4 Å². The van der Waals surface area contributed by atoms with Crippen molar-refractivity contribution in [3.63, 3.8) is 0 Å². The van der Waals surface area contributed by atoms with Crippen molar-refractivity contribution in [1.82, 2.24) is 0 Å². The van der Waals surface area contributed by atoms with Gasteiger partial charge in [0.15, 0.2) is 0 Å². The third-order valence-electron chi connectivity index (χ3n) is 18.5. The number of fused-ring (bicyclic) bond motifs is 6. The summed E-state index contributed by atoms with van der Waals surface area (Å²) in [5, 5.41) is 38.2. The third-order valence-corrected chi connectivity index (χ3v) is 18.5. The van der Waals surface area contributed by atoms with Gasteiger partial charge in [0, 0.05) is 11.6 Å². The standard InChI is InChI=1S/2C14H21BO.C13H19BO2.3C11H15BO2/c1-13(2,3)10-7-8-11-12(9-10)16-15(6)14(11,4)5;1-13(2,3)10-7-8-11-12(9-10)15(6)16-14(11,4)5;1-12(2,3)9-6-7-11-10(8-9)13(4,5)16-14(11)15;1-11(2,3)9-4-5-10-8(6-9)7-14-12(10)13;1-11(2,3)9-5-4-8-7-14-12(13)10(8)6-9;1-11(2,3)9-5-4-8-7-12(13)14-10(8)6-9/h2*7-9H,1-6H3;6-8,15H,1-5H3;3*4-6,13H,7H2,1-3H3. The molecule has 480 valence electrons. The van der Waals surface area contributed by atoms with Crippen LogP contribution in [0.5, 0.6) is 11.5 Å². The summed E-state index contributed by atoms with van der Waals surface area (Å²) in [5.41, 5.74) is 19.4. The Morgan fingerprint density at radius 1 is 0.356 bits per heavy atom. The zero-order valence-electron chi connectivity index (χ0n) is 59.7. The molecule has 0 aliphatic carbocycles. The quantitative estimate of drug-likeness (QED) is 0.109. The fourth-order valence-corrected chi connectivity index (χ4v) is 11.9. The molecule has 6 heterocycles. The number of hydrogen-bond donors (Lipinski definition) is 4. The van der Waals surface area contributed by atoms with Crippen LogP contribution in [0.15, 0.2) is 109 Å². The maximum atomic E-state index is 9.79. The van der Waals surface area contributed by atoms with Crippen molar-refractivity contribution in [2.24, 2.45) is 0 Å². The van der Waals surface area contributed by atoms with Gasteiger partial charge in [-0.05, 0) is 168 Å². The molecule has 4 N–H and O–H groups in total. The van der Waals surface area contributed by atoms with Gasteiger partial charge in [-0.3, -0.25) is 0 Å². The average molecular weight is 1220 g/mol. The molecule has 0 saturated carbocycles. The highest BCUT2D eigenvalue weighted by atomic mass is 16.5. The van der Waals surface area contributed by atoms with Crippen LogP contribution in [0.25, 0.3) is 0 Å². The lowest BCUT2D eigenvalue weighted by atomic mass is 9.48. The molecule has 6 aromatic carbocycles. The smallest absolute Gasteiger partial charge is 0.527 e. The molecule has 0 radical (unpaired) electrons. The maximum absolute atomic E-state index is 9.79. The van der Waals surface area contributed by atoms with Gasteiger partial charge >= 0.3 is 42.3 Å². The van der Waals surface area contributed by atoms with E-state index in [1.54, 1.807) is 0 Å². The van der Waals surface area contributed by atoms with Crippen LogP contribution in [0.4, 0.5) is 0 Å². The second-order valence-corrected chi connectivity index (χ2v) is 33.3. The molecule has 0 spiro atoms. The fourth-order valence-electron chi connectivity index (χ4n) is 11.9. The lowest BCUT2D eigenvalue weighted by molar-refractivity contribution is 0.101. The van der Waals surface area contributed by atoms with Crippen molar-refractivity contribution in [1.29, 1.82) is 0 Å². The Kier molecular flexibility index (Phi) is 21.3. The summed E-state index contributed by atoms with van der Waals surface area (Å²) in [6.45, 7) is 58.2. The van der Waals surface area contributed by atoms with Gasteiger partial charge in [-0.1, -0.05) is 242 Å². The van der Waals surface area contributed by atoms with Gasteiger partial charge in [0.1, 0.15) is 11.5 Å². The largest absolute Gasteiger partial charge is 0.560 e. The number of benzene rings is 6. The van der Waals surface area contributed by atoms with Crippen molar-refractivity contribution >= 4 is 64.2 Å².